The molecule has 5 rings (SSSR count). The molecule has 1 N–H and O–H groups in total. The summed E-state index contributed by atoms with van der Waals surface area (Å²) in [5.74, 6) is 0.666. The number of aliphatic imine (C=N–C) groups is 1. The summed E-state index contributed by atoms with van der Waals surface area (Å²) in [4.78, 5) is 16.7. The third kappa shape index (κ3) is 3.16. The Morgan fingerprint density at radius 1 is 1.04 bits per heavy atom. The minimum atomic E-state index is -0.0892. The Kier molecular flexibility index (Phi) is 3.85. The molecule has 0 unspecified atom stereocenters. The van der Waals surface area contributed by atoms with E-state index in [1.807, 2.05) is 48.7 Å². The van der Waals surface area contributed by atoms with Crippen molar-refractivity contribution in [3.8, 4) is 11.3 Å². The Morgan fingerprint density at radius 2 is 1.89 bits per heavy atom. The SMILES string of the molecule is O=C1CN=C(c2ccccc2)c2cc(-c3ccnn3CC3CC3)ccc2N1. The molecule has 134 valence electrons. The van der Waals surface area contributed by atoms with Gasteiger partial charge in [-0.05, 0) is 37.0 Å². The highest BCUT2D eigenvalue weighted by Crippen LogP contribution is 2.33. The molecule has 3 aromatic rings. The van der Waals surface area contributed by atoms with E-state index in [1.54, 1.807) is 0 Å². The van der Waals surface area contributed by atoms with Gasteiger partial charge in [0.2, 0.25) is 5.91 Å². The molecule has 1 amide bonds. The van der Waals surface area contributed by atoms with Crippen LogP contribution in [-0.2, 0) is 11.3 Å². The van der Waals surface area contributed by atoms with Crippen molar-refractivity contribution in [1.82, 2.24) is 9.78 Å². The molecule has 0 atom stereocenters. The summed E-state index contributed by atoms with van der Waals surface area (Å²) in [5, 5.41) is 7.48. The van der Waals surface area contributed by atoms with E-state index in [2.05, 4.69) is 32.2 Å². The van der Waals surface area contributed by atoms with Crippen molar-refractivity contribution in [3.05, 3.63) is 71.9 Å². The van der Waals surface area contributed by atoms with Crippen LogP contribution in [0, 0.1) is 5.92 Å². The molecule has 0 bridgehead atoms. The number of carbonyl (C=O) groups excluding carboxylic acids is 1. The Labute approximate surface area is 157 Å². The topological polar surface area (TPSA) is 59.3 Å². The number of anilines is 1. The third-order valence-corrected chi connectivity index (χ3v) is 5.12. The van der Waals surface area contributed by atoms with Gasteiger partial charge in [0.15, 0.2) is 0 Å². The van der Waals surface area contributed by atoms with Crippen LogP contribution in [0.15, 0.2) is 65.8 Å². The number of benzodiazepines with no additional fused rings is 1. The fraction of sp³-hybridized carbons (Fsp3) is 0.227. The summed E-state index contributed by atoms with van der Waals surface area (Å²) in [7, 11) is 0. The monoisotopic (exact) mass is 356 g/mol. The number of nitrogens with one attached hydrogen (secondary N) is 1. The fourth-order valence-electron chi connectivity index (χ4n) is 3.55. The second-order valence-corrected chi connectivity index (χ2v) is 7.18. The zero-order chi connectivity index (χ0) is 18.2. The van der Waals surface area contributed by atoms with Crippen LogP contribution in [0.3, 0.4) is 0 Å². The number of rotatable bonds is 4. The zero-order valence-electron chi connectivity index (χ0n) is 14.9. The minimum absolute atomic E-state index is 0.0892. The molecule has 1 saturated carbocycles. The highest BCUT2D eigenvalue weighted by Gasteiger charge is 2.24. The van der Waals surface area contributed by atoms with E-state index in [4.69, 9.17) is 0 Å². The molecule has 1 aliphatic carbocycles. The molecular weight excluding hydrogens is 336 g/mol. The maximum Gasteiger partial charge on any atom is 0.246 e. The predicted octanol–water partition coefficient (Wildman–Crippen LogP) is 3.75. The van der Waals surface area contributed by atoms with Gasteiger partial charge < -0.3 is 5.32 Å². The van der Waals surface area contributed by atoms with Crippen molar-refractivity contribution in [2.24, 2.45) is 10.9 Å². The molecule has 1 aromatic heterocycles. The Bertz CT molecular complexity index is 1030. The lowest BCUT2D eigenvalue weighted by atomic mass is 9.97. The summed E-state index contributed by atoms with van der Waals surface area (Å²) < 4.78 is 2.09. The van der Waals surface area contributed by atoms with Crippen LogP contribution in [0.25, 0.3) is 11.3 Å². The van der Waals surface area contributed by atoms with E-state index in [1.165, 1.54) is 12.8 Å². The van der Waals surface area contributed by atoms with E-state index < -0.39 is 0 Å². The normalized spacial score (nSPS) is 16.3. The van der Waals surface area contributed by atoms with Crippen LogP contribution in [-0.4, -0.2) is 27.9 Å². The molecule has 2 aromatic carbocycles. The summed E-state index contributed by atoms with van der Waals surface area (Å²) >= 11 is 0. The first-order valence-electron chi connectivity index (χ1n) is 9.34. The summed E-state index contributed by atoms with van der Waals surface area (Å²) in [6.07, 6.45) is 4.44. The first-order valence-corrected chi connectivity index (χ1v) is 9.34. The van der Waals surface area contributed by atoms with Gasteiger partial charge in [0.05, 0.1) is 17.1 Å². The number of fused-ring (bicyclic) bond motifs is 1. The molecular formula is C22H20N4O. The molecule has 5 nitrogen and oxygen atoms in total. The van der Waals surface area contributed by atoms with Crippen molar-refractivity contribution in [2.75, 3.05) is 11.9 Å². The van der Waals surface area contributed by atoms with Crippen molar-refractivity contribution < 1.29 is 4.79 Å². The second kappa shape index (κ2) is 6.50. The summed E-state index contributed by atoms with van der Waals surface area (Å²) in [6, 6.07) is 18.2. The average Bonchev–Trinajstić information content (AvgIpc) is 3.42. The Morgan fingerprint density at radius 3 is 2.70 bits per heavy atom. The van der Waals surface area contributed by atoms with E-state index in [9.17, 15) is 4.79 Å². The second-order valence-electron chi connectivity index (χ2n) is 7.18. The van der Waals surface area contributed by atoms with Gasteiger partial charge in [-0.1, -0.05) is 36.4 Å². The highest BCUT2D eigenvalue weighted by atomic mass is 16.1. The van der Waals surface area contributed by atoms with Crippen LogP contribution >= 0.6 is 0 Å². The summed E-state index contributed by atoms with van der Waals surface area (Å²) in [5.41, 5.74) is 5.80. The lowest BCUT2D eigenvalue weighted by Gasteiger charge is -2.13. The van der Waals surface area contributed by atoms with Crippen molar-refractivity contribution in [3.63, 3.8) is 0 Å². The lowest BCUT2D eigenvalue weighted by Crippen LogP contribution is -2.13. The van der Waals surface area contributed by atoms with Gasteiger partial charge in [-0.15, -0.1) is 0 Å². The van der Waals surface area contributed by atoms with Crippen molar-refractivity contribution >= 4 is 17.3 Å². The Balaban J connectivity index is 1.61. The van der Waals surface area contributed by atoms with Crippen LogP contribution in [0.2, 0.25) is 0 Å². The van der Waals surface area contributed by atoms with E-state index in [-0.39, 0.29) is 12.5 Å². The van der Waals surface area contributed by atoms with Gasteiger partial charge in [0, 0.05) is 29.4 Å². The number of carbonyl (C=O) groups is 1. The lowest BCUT2D eigenvalue weighted by molar-refractivity contribution is -0.114. The maximum atomic E-state index is 12.1. The number of benzene rings is 2. The van der Waals surface area contributed by atoms with Crippen LogP contribution < -0.4 is 5.32 Å². The van der Waals surface area contributed by atoms with E-state index >= 15 is 0 Å². The molecule has 2 aliphatic rings. The number of aromatic nitrogens is 2. The number of amides is 1. The smallest absolute Gasteiger partial charge is 0.246 e. The van der Waals surface area contributed by atoms with Gasteiger partial charge in [-0.2, -0.15) is 5.10 Å². The first kappa shape index (κ1) is 16.0. The van der Waals surface area contributed by atoms with Gasteiger partial charge >= 0.3 is 0 Å². The van der Waals surface area contributed by atoms with Crippen molar-refractivity contribution in [1.29, 1.82) is 0 Å². The van der Waals surface area contributed by atoms with Crippen molar-refractivity contribution in [2.45, 2.75) is 19.4 Å². The predicted molar refractivity (Wildman–Crippen MR) is 106 cm³/mol. The van der Waals surface area contributed by atoms with Gasteiger partial charge in [-0.25, -0.2) is 0 Å². The molecule has 1 fully saturated rings. The molecule has 0 saturated heterocycles. The number of hydrogen-bond donors (Lipinski definition) is 1. The third-order valence-electron chi connectivity index (χ3n) is 5.12. The molecule has 0 radical (unpaired) electrons. The minimum Gasteiger partial charge on any atom is -0.324 e. The number of hydrogen-bond acceptors (Lipinski definition) is 3. The van der Waals surface area contributed by atoms with Crippen LogP contribution in [0.5, 0.6) is 0 Å². The number of nitrogens with zero attached hydrogens (tertiary/aromatic N) is 3. The highest BCUT2D eigenvalue weighted by molar-refractivity contribution is 6.19. The molecule has 0 spiro atoms. The van der Waals surface area contributed by atoms with E-state index in [0.29, 0.717) is 0 Å². The van der Waals surface area contributed by atoms with Crippen LogP contribution in [0.4, 0.5) is 5.69 Å². The first-order chi connectivity index (χ1) is 13.3. The van der Waals surface area contributed by atoms with Gasteiger partial charge in [0.1, 0.15) is 6.54 Å². The molecule has 1 aliphatic heterocycles. The van der Waals surface area contributed by atoms with Crippen LogP contribution in [0.1, 0.15) is 24.0 Å². The van der Waals surface area contributed by atoms with E-state index in [0.717, 1.165) is 46.2 Å². The maximum absolute atomic E-state index is 12.1. The zero-order valence-corrected chi connectivity index (χ0v) is 14.9. The molecule has 2 heterocycles. The molecule has 5 heteroatoms. The largest absolute Gasteiger partial charge is 0.324 e. The quantitative estimate of drug-likeness (QED) is 0.774. The van der Waals surface area contributed by atoms with Gasteiger partial charge in [-0.3, -0.25) is 14.5 Å². The average molecular weight is 356 g/mol. The fourth-order valence-corrected chi connectivity index (χ4v) is 3.55. The van der Waals surface area contributed by atoms with Gasteiger partial charge in [0.25, 0.3) is 0 Å². The standard InChI is InChI=1S/C22H20N4O/c27-21-13-23-22(16-4-2-1-3-5-16)18-12-17(8-9-19(18)25-21)20-10-11-24-26(20)14-15-6-7-15/h1-5,8-12,15H,6-7,13-14H2,(H,25,27). The molecule has 27 heavy (non-hydrogen) atoms. The summed E-state index contributed by atoms with van der Waals surface area (Å²) in [6.45, 7) is 1.10. The Hall–Kier alpha value is -3.21.